The van der Waals surface area contributed by atoms with E-state index < -0.39 is 0 Å². The van der Waals surface area contributed by atoms with E-state index in [1.165, 1.54) is 19.1 Å². The third-order valence-electron chi connectivity index (χ3n) is 4.20. The van der Waals surface area contributed by atoms with Gasteiger partial charge < -0.3 is 11.1 Å². The van der Waals surface area contributed by atoms with Gasteiger partial charge in [0, 0.05) is 23.9 Å². The molecule has 0 radical (unpaired) electrons. The van der Waals surface area contributed by atoms with Crippen LogP contribution in [0.5, 0.6) is 0 Å². The van der Waals surface area contributed by atoms with Crippen LogP contribution in [0, 0.1) is 5.82 Å². The number of nitrogens with one attached hydrogen (secondary N) is 1. The van der Waals surface area contributed by atoms with Crippen LogP contribution in [-0.4, -0.2) is 25.7 Å². The number of anilines is 2. The molecule has 140 valence electrons. The molecule has 8 heteroatoms. The first kappa shape index (κ1) is 17.6. The average Bonchev–Trinajstić information content (AvgIpc) is 3.01. The van der Waals surface area contributed by atoms with E-state index in [1.807, 2.05) is 24.3 Å². The Morgan fingerprint density at radius 1 is 1.14 bits per heavy atom. The fourth-order valence-electron chi connectivity index (χ4n) is 3.02. The number of amides is 1. The molecule has 0 atom stereocenters. The maximum absolute atomic E-state index is 14.1. The zero-order valence-corrected chi connectivity index (χ0v) is 15.1. The molecule has 0 saturated carbocycles. The summed E-state index contributed by atoms with van der Waals surface area (Å²) in [7, 11) is 0. The van der Waals surface area contributed by atoms with Crippen LogP contribution in [0.25, 0.3) is 22.4 Å². The summed E-state index contributed by atoms with van der Waals surface area (Å²) in [6.45, 7) is 1.64. The fourth-order valence-corrected chi connectivity index (χ4v) is 3.02. The van der Waals surface area contributed by atoms with Crippen molar-refractivity contribution in [2.75, 3.05) is 11.1 Å². The number of nitrogens with two attached hydrogens (primary N) is 1. The molecule has 28 heavy (non-hydrogen) atoms. The van der Waals surface area contributed by atoms with Gasteiger partial charge in [0.2, 0.25) is 5.91 Å². The third-order valence-corrected chi connectivity index (χ3v) is 4.20. The van der Waals surface area contributed by atoms with E-state index in [-0.39, 0.29) is 29.9 Å². The van der Waals surface area contributed by atoms with E-state index in [0.717, 1.165) is 10.9 Å². The zero-order chi connectivity index (χ0) is 19.7. The Hall–Kier alpha value is -3.81. The van der Waals surface area contributed by atoms with Crippen molar-refractivity contribution in [1.29, 1.82) is 0 Å². The van der Waals surface area contributed by atoms with Crippen molar-refractivity contribution in [3.05, 3.63) is 66.0 Å². The number of rotatable bonds is 4. The molecule has 3 N–H and O–H groups in total. The van der Waals surface area contributed by atoms with Crippen molar-refractivity contribution >= 4 is 28.4 Å². The number of nitrogens with zero attached hydrogens (tertiary/aromatic N) is 4. The number of benzene rings is 2. The van der Waals surface area contributed by atoms with Crippen LogP contribution in [0.2, 0.25) is 0 Å². The van der Waals surface area contributed by atoms with Gasteiger partial charge in [-0.25, -0.2) is 14.4 Å². The van der Waals surface area contributed by atoms with E-state index in [1.54, 1.807) is 22.9 Å². The molecule has 4 rings (SSSR count). The fraction of sp³-hybridized carbons (Fsp3) is 0.100. The first-order chi connectivity index (χ1) is 13.5. The Kier molecular flexibility index (Phi) is 4.44. The van der Waals surface area contributed by atoms with Crippen molar-refractivity contribution in [1.82, 2.24) is 19.7 Å². The second-order valence-electron chi connectivity index (χ2n) is 6.30. The SMILES string of the molecule is CC(=O)Nc1cc(N)nc(-c2nn(Cc3ccccc3F)c3ccccc23)n1. The van der Waals surface area contributed by atoms with Crippen LogP contribution in [0.4, 0.5) is 16.0 Å². The Morgan fingerprint density at radius 3 is 2.68 bits per heavy atom. The first-order valence-electron chi connectivity index (χ1n) is 8.63. The maximum atomic E-state index is 14.1. The van der Waals surface area contributed by atoms with Gasteiger partial charge in [-0.3, -0.25) is 9.48 Å². The number of para-hydroxylation sites is 1. The summed E-state index contributed by atoms with van der Waals surface area (Å²) >= 11 is 0. The lowest BCUT2D eigenvalue weighted by Gasteiger charge is -2.05. The summed E-state index contributed by atoms with van der Waals surface area (Å²) in [5.41, 5.74) is 7.72. The van der Waals surface area contributed by atoms with Gasteiger partial charge in [-0.1, -0.05) is 36.4 Å². The topological polar surface area (TPSA) is 98.7 Å². The Bertz CT molecular complexity index is 1190. The number of halogens is 1. The molecule has 0 fully saturated rings. The first-order valence-corrected chi connectivity index (χ1v) is 8.63. The number of carbonyl (C=O) groups is 1. The molecule has 4 aromatic rings. The zero-order valence-electron chi connectivity index (χ0n) is 15.1. The highest BCUT2D eigenvalue weighted by atomic mass is 19.1. The molecule has 2 heterocycles. The van der Waals surface area contributed by atoms with Crippen LogP contribution < -0.4 is 11.1 Å². The van der Waals surface area contributed by atoms with Crippen LogP contribution in [0.3, 0.4) is 0 Å². The molecule has 0 unspecified atom stereocenters. The van der Waals surface area contributed by atoms with E-state index in [9.17, 15) is 9.18 Å². The summed E-state index contributed by atoms with van der Waals surface area (Å²) in [6, 6.07) is 15.6. The summed E-state index contributed by atoms with van der Waals surface area (Å²) in [5.74, 6) is 0.229. The Morgan fingerprint density at radius 2 is 1.89 bits per heavy atom. The summed E-state index contributed by atoms with van der Waals surface area (Å²) in [5, 5.41) is 8.02. The van der Waals surface area contributed by atoms with Crippen molar-refractivity contribution in [2.24, 2.45) is 0 Å². The monoisotopic (exact) mass is 376 g/mol. The smallest absolute Gasteiger partial charge is 0.222 e. The minimum atomic E-state index is -0.295. The van der Waals surface area contributed by atoms with Crippen molar-refractivity contribution in [2.45, 2.75) is 13.5 Å². The van der Waals surface area contributed by atoms with Gasteiger partial charge in [-0.2, -0.15) is 5.10 Å². The minimum Gasteiger partial charge on any atom is -0.384 e. The van der Waals surface area contributed by atoms with Crippen LogP contribution in [-0.2, 0) is 11.3 Å². The maximum Gasteiger partial charge on any atom is 0.222 e. The van der Waals surface area contributed by atoms with Gasteiger partial charge in [0.15, 0.2) is 5.82 Å². The Labute approximate surface area is 160 Å². The normalized spacial score (nSPS) is 10.9. The van der Waals surface area contributed by atoms with Gasteiger partial charge in [0.05, 0.1) is 12.1 Å². The largest absolute Gasteiger partial charge is 0.384 e. The van der Waals surface area contributed by atoms with Crippen molar-refractivity contribution in [3.63, 3.8) is 0 Å². The molecule has 0 aliphatic rings. The quantitative estimate of drug-likeness (QED) is 0.570. The highest BCUT2D eigenvalue weighted by Crippen LogP contribution is 2.28. The molecule has 0 bridgehead atoms. The minimum absolute atomic E-state index is 0.210. The molecule has 0 aliphatic carbocycles. The number of hydrogen-bond acceptors (Lipinski definition) is 5. The standard InChI is InChI=1S/C20H17FN6O/c1-12(28)23-18-10-17(22)24-20(25-18)19-14-7-3-5-9-16(14)27(26-19)11-13-6-2-4-8-15(13)21/h2-10H,11H2,1H3,(H3,22,23,24,25,28). The molecule has 1 amide bonds. The van der Waals surface area contributed by atoms with Crippen LogP contribution >= 0.6 is 0 Å². The number of nitrogen functional groups attached to an aromatic ring is 1. The van der Waals surface area contributed by atoms with Crippen molar-refractivity contribution < 1.29 is 9.18 Å². The van der Waals surface area contributed by atoms with E-state index >= 15 is 0 Å². The van der Waals surface area contributed by atoms with Crippen LogP contribution in [0.1, 0.15) is 12.5 Å². The van der Waals surface area contributed by atoms with Gasteiger partial charge in [0.1, 0.15) is 23.1 Å². The highest BCUT2D eigenvalue weighted by molar-refractivity contribution is 5.93. The lowest BCUT2D eigenvalue weighted by atomic mass is 10.2. The lowest BCUT2D eigenvalue weighted by molar-refractivity contribution is -0.114. The van der Waals surface area contributed by atoms with Gasteiger partial charge in [-0.05, 0) is 12.1 Å². The summed E-state index contributed by atoms with van der Waals surface area (Å²) < 4.78 is 15.8. The number of fused-ring (bicyclic) bond motifs is 1. The van der Waals surface area contributed by atoms with Crippen LogP contribution in [0.15, 0.2) is 54.6 Å². The van der Waals surface area contributed by atoms with E-state index in [2.05, 4.69) is 20.4 Å². The van der Waals surface area contributed by atoms with E-state index in [4.69, 9.17) is 5.73 Å². The molecule has 2 aromatic heterocycles. The number of aromatic nitrogens is 4. The molecule has 2 aromatic carbocycles. The molecule has 0 spiro atoms. The molecular formula is C20H17FN6O. The van der Waals surface area contributed by atoms with Crippen molar-refractivity contribution in [3.8, 4) is 11.5 Å². The number of hydrogen-bond donors (Lipinski definition) is 2. The predicted molar refractivity (Wildman–Crippen MR) is 105 cm³/mol. The molecular weight excluding hydrogens is 359 g/mol. The summed E-state index contributed by atoms with van der Waals surface area (Å²) in [4.78, 5) is 20.0. The average molecular weight is 376 g/mol. The molecule has 0 aliphatic heterocycles. The highest BCUT2D eigenvalue weighted by Gasteiger charge is 2.17. The number of carbonyl (C=O) groups excluding carboxylic acids is 1. The third kappa shape index (κ3) is 3.39. The predicted octanol–water partition coefficient (Wildman–Crippen LogP) is 3.22. The second kappa shape index (κ2) is 7.07. The van der Waals surface area contributed by atoms with E-state index in [0.29, 0.717) is 17.1 Å². The van der Waals surface area contributed by atoms with Gasteiger partial charge in [-0.15, -0.1) is 0 Å². The van der Waals surface area contributed by atoms with Gasteiger partial charge >= 0.3 is 0 Å². The summed E-state index contributed by atoms with van der Waals surface area (Å²) in [6.07, 6.45) is 0. The molecule has 7 nitrogen and oxygen atoms in total. The van der Waals surface area contributed by atoms with Gasteiger partial charge in [0.25, 0.3) is 0 Å². The lowest BCUT2D eigenvalue weighted by Crippen LogP contribution is -2.09. The molecule has 0 saturated heterocycles. The Balaban J connectivity index is 1.84. The second-order valence-corrected chi connectivity index (χ2v) is 6.30.